The lowest BCUT2D eigenvalue weighted by molar-refractivity contribution is -0.117. The van der Waals surface area contributed by atoms with Gasteiger partial charge >= 0.3 is 0 Å². The molecule has 0 aliphatic carbocycles. The molecule has 2 atom stereocenters. The van der Waals surface area contributed by atoms with Gasteiger partial charge in [0.1, 0.15) is 6.17 Å². The van der Waals surface area contributed by atoms with E-state index in [0.717, 1.165) is 4.47 Å². The van der Waals surface area contributed by atoms with Gasteiger partial charge in [-0.05, 0) is 18.2 Å². The molecule has 1 aliphatic rings. The smallest absolute Gasteiger partial charge is 0.241 e. The Hall–Kier alpha value is -0.940. The standard InChI is InChI=1S/C11H12BrFN2O/c12-7-2-1-3-9(4-7)15-11(16)10-5-8(13)6-14-10/h1-4,8,10,14H,5-6H2,(H,15,16)/t8-,10+/m1/s1. The second kappa shape index (κ2) is 4.93. The highest BCUT2D eigenvalue weighted by Gasteiger charge is 2.29. The molecule has 1 aromatic carbocycles. The van der Waals surface area contributed by atoms with Crippen LogP contribution in [0.1, 0.15) is 6.42 Å². The molecule has 16 heavy (non-hydrogen) atoms. The molecule has 1 heterocycles. The lowest BCUT2D eigenvalue weighted by Gasteiger charge is -2.10. The summed E-state index contributed by atoms with van der Waals surface area (Å²) in [6.45, 7) is 0.260. The van der Waals surface area contributed by atoms with Crippen molar-refractivity contribution in [3.63, 3.8) is 0 Å². The van der Waals surface area contributed by atoms with E-state index in [1.807, 2.05) is 12.1 Å². The highest BCUT2D eigenvalue weighted by molar-refractivity contribution is 9.10. The van der Waals surface area contributed by atoms with E-state index in [1.54, 1.807) is 12.1 Å². The largest absolute Gasteiger partial charge is 0.325 e. The van der Waals surface area contributed by atoms with E-state index in [4.69, 9.17) is 0 Å². The van der Waals surface area contributed by atoms with Gasteiger partial charge in [-0.25, -0.2) is 4.39 Å². The summed E-state index contributed by atoms with van der Waals surface area (Å²) >= 11 is 3.32. The fourth-order valence-electron chi connectivity index (χ4n) is 1.69. The van der Waals surface area contributed by atoms with E-state index in [0.29, 0.717) is 5.69 Å². The van der Waals surface area contributed by atoms with Gasteiger partial charge in [0.25, 0.3) is 0 Å². The Kier molecular flexibility index (Phi) is 3.56. The van der Waals surface area contributed by atoms with Gasteiger partial charge in [-0.15, -0.1) is 0 Å². The molecule has 1 aromatic rings. The Labute approximate surface area is 102 Å². The summed E-state index contributed by atoms with van der Waals surface area (Å²) < 4.78 is 13.8. The molecule has 3 nitrogen and oxygen atoms in total. The van der Waals surface area contributed by atoms with Crippen LogP contribution >= 0.6 is 15.9 Å². The zero-order chi connectivity index (χ0) is 11.5. The highest BCUT2D eigenvalue weighted by atomic mass is 79.9. The van der Waals surface area contributed by atoms with Gasteiger partial charge in [0.15, 0.2) is 0 Å². The maximum Gasteiger partial charge on any atom is 0.241 e. The second-order valence-corrected chi connectivity index (χ2v) is 4.71. The first-order valence-electron chi connectivity index (χ1n) is 5.09. The molecule has 5 heteroatoms. The maximum absolute atomic E-state index is 12.9. The van der Waals surface area contributed by atoms with Crippen LogP contribution in [0.15, 0.2) is 28.7 Å². The van der Waals surface area contributed by atoms with Gasteiger partial charge in [-0.3, -0.25) is 4.79 Å². The number of benzene rings is 1. The molecule has 0 radical (unpaired) electrons. The summed E-state index contributed by atoms with van der Waals surface area (Å²) in [5.74, 6) is -0.182. The van der Waals surface area contributed by atoms with Gasteiger partial charge in [0, 0.05) is 23.1 Å². The first-order chi connectivity index (χ1) is 7.65. The Morgan fingerprint density at radius 2 is 2.38 bits per heavy atom. The van der Waals surface area contributed by atoms with Crippen molar-refractivity contribution in [2.45, 2.75) is 18.6 Å². The number of hydrogen-bond donors (Lipinski definition) is 2. The number of amides is 1. The number of halogens is 2. The number of carbonyl (C=O) groups is 1. The minimum absolute atomic E-state index is 0.182. The van der Waals surface area contributed by atoms with Crippen molar-refractivity contribution < 1.29 is 9.18 Å². The van der Waals surface area contributed by atoms with Crippen molar-refractivity contribution in [1.82, 2.24) is 5.32 Å². The molecule has 2 N–H and O–H groups in total. The minimum Gasteiger partial charge on any atom is -0.325 e. The maximum atomic E-state index is 12.9. The number of rotatable bonds is 2. The molecule has 1 saturated heterocycles. The van der Waals surface area contributed by atoms with Gasteiger partial charge in [0.05, 0.1) is 6.04 Å². The molecule has 0 aromatic heterocycles. The van der Waals surface area contributed by atoms with E-state index in [2.05, 4.69) is 26.6 Å². The average Bonchev–Trinajstić information content (AvgIpc) is 2.65. The molecule has 1 aliphatic heterocycles. The van der Waals surface area contributed by atoms with Gasteiger partial charge in [-0.1, -0.05) is 22.0 Å². The van der Waals surface area contributed by atoms with E-state index >= 15 is 0 Å². The van der Waals surface area contributed by atoms with Crippen molar-refractivity contribution in [2.24, 2.45) is 0 Å². The third-order valence-corrected chi connectivity index (χ3v) is 2.98. The number of anilines is 1. The van der Waals surface area contributed by atoms with Crippen LogP contribution in [0.4, 0.5) is 10.1 Å². The van der Waals surface area contributed by atoms with Crippen LogP contribution in [0, 0.1) is 0 Å². The fraction of sp³-hybridized carbons (Fsp3) is 0.364. The van der Waals surface area contributed by atoms with Crippen molar-refractivity contribution in [1.29, 1.82) is 0 Å². The highest BCUT2D eigenvalue weighted by Crippen LogP contribution is 2.17. The predicted molar refractivity (Wildman–Crippen MR) is 64.1 cm³/mol. The zero-order valence-corrected chi connectivity index (χ0v) is 10.1. The van der Waals surface area contributed by atoms with Crippen LogP contribution in [-0.2, 0) is 4.79 Å². The average molecular weight is 287 g/mol. The summed E-state index contributed by atoms with van der Waals surface area (Å²) in [5, 5.41) is 5.59. The van der Waals surface area contributed by atoms with Gasteiger partial charge < -0.3 is 10.6 Å². The quantitative estimate of drug-likeness (QED) is 0.874. The third-order valence-electron chi connectivity index (χ3n) is 2.49. The second-order valence-electron chi connectivity index (χ2n) is 3.79. The summed E-state index contributed by atoms with van der Waals surface area (Å²) in [6, 6.07) is 6.89. The van der Waals surface area contributed by atoms with Gasteiger partial charge in [-0.2, -0.15) is 0 Å². The summed E-state index contributed by atoms with van der Waals surface area (Å²) in [7, 11) is 0. The van der Waals surface area contributed by atoms with Crippen molar-refractivity contribution in [2.75, 3.05) is 11.9 Å². The lowest BCUT2D eigenvalue weighted by atomic mass is 10.2. The molecule has 0 saturated carbocycles. The minimum atomic E-state index is -0.918. The molecule has 0 bridgehead atoms. The summed E-state index contributed by atoms with van der Waals surface area (Å²) in [6.07, 6.45) is -0.668. The monoisotopic (exact) mass is 286 g/mol. The number of alkyl halides is 1. The van der Waals surface area contributed by atoms with Crippen LogP contribution in [0.2, 0.25) is 0 Å². The summed E-state index contributed by atoms with van der Waals surface area (Å²) in [4.78, 5) is 11.7. The van der Waals surface area contributed by atoms with E-state index in [-0.39, 0.29) is 18.9 Å². The van der Waals surface area contributed by atoms with Crippen molar-refractivity contribution in [3.8, 4) is 0 Å². The molecule has 0 unspecified atom stereocenters. The van der Waals surface area contributed by atoms with Crippen LogP contribution < -0.4 is 10.6 Å². The Morgan fingerprint density at radius 3 is 3.00 bits per heavy atom. The van der Waals surface area contributed by atoms with E-state index in [9.17, 15) is 9.18 Å². The normalized spacial score (nSPS) is 24.4. The van der Waals surface area contributed by atoms with Crippen LogP contribution in [0.3, 0.4) is 0 Å². The molecule has 0 spiro atoms. The molecule has 1 fully saturated rings. The van der Waals surface area contributed by atoms with Crippen molar-refractivity contribution >= 4 is 27.5 Å². The number of carbonyl (C=O) groups excluding carboxylic acids is 1. The number of hydrogen-bond acceptors (Lipinski definition) is 2. The first kappa shape index (κ1) is 11.5. The molecular formula is C11H12BrFN2O. The lowest BCUT2D eigenvalue weighted by Crippen LogP contribution is -2.35. The zero-order valence-electron chi connectivity index (χ0n) is 8.54. The molecule has 2 rings (SSSR count). The van der Waals surface area contributed by atoms with Gasteiger partial charge in [0.2, 0.25) is 5.91 Å². The predicted octanol–water partition coefficient (Wildman–Crippen LogP) is 2.09. The van der Waals surface area contributed by atoms with Crippen LogP contribution in [0.25, 0.3) is 0 Å². The van der Waals surface area contributed by atoms with Crippen LogP contribution in [-0.4, -0.2) is 24.7 Å². The molecule has 1 amide bonds. The van der Waals surface area contributed by atoms with Crippen LogP contribution in [0.5, 0.6) is 0 Å². The van der Waals surface area contributed by atoms with E-state index in [1.165, 1.54) is 0 Å². The van der Waals surface area contributed by atoms with Crippen molar-refractivity contribution in [3.05, 3.63) is 28.7 Å². The molecular weight excluding hydrogens is 275 g/mol. The fourth-order valence-corrected chi connectivity index (χ4v) is 2.09. The van der Waals surface area contributed by atoms with E-state index < -0.39 is 12.2 Å². The Morgan fingerprint density at radius 1 is 1.56 bits per heavy atom. The topological polar surface area (TPSA) is 41.1 Å². The SMILES string of the molecule is O=C(Nc1cccc(Br)c1)[C@@H]1C[C@@H](F)CN1. The third kappa shape index (κ3) is 2.80. The number of nitrogens with one attached hydrogen (secondary N) is 2. The summed E-state index contributed by atoms with van der Waals surface area (Å²) in [5.41, 5.74) is 0.712. The molecule has 86 valence electrons. The Bertz CT molecular complexity index is 399. The first-order valence-corrected chi connectivity index (χ1v) is 5.88. The Balaban J connectivity index is 1.97.